The van der Waals surface area contributed by atoms with Gasteiger partial charge in [0.1, 0.15) is 5.60 Å². The number of hydrogen-bond donors (Lipinski definition) is 4. The fourth-order valence-corrected chi connectivity index (χ4v) is 3.46. The summed E-state index contributed by atoms with van der Waals surface area (Å²) in [4.78, 5) is 17.3. The summed E-state index contributed by atoms with van der Waals surface area (Å²) in [6.07, 6.45) is 17.5. The predicted octanol–water partition coefficient (Wildman–Crippen LogP) is 4.69. The van der Waals surface area contributed by atoms with Crippen molar-refractivity contribution >= 4 is 7.82 Å². The van der Waals surface area contributed by atoms with E-state index in [1.54, 1.807) is 0 Å². The smallest absolute Gasteiger partial charge is 0.393 e. The Morgan fingerprint density at radius 3 is 1.50 bits per heavy atom. The van der Waals surface area contributed by atoms with Crippen LogP contribution in [-0.2, 0) is 9.09 Å². The fourth-order valence-electron chi connectivity index (χ4n) is 3.05. The second kappa shape index (κ2) is 16.0. The number of aliphatic hydroxyl groups is 2. The first-order valence-electron chi connectivity index (χ1n) is 10.4. The first-order chi connectivity index (χ1) is 12.3. The van der Waals surface area contributed by atoms with E-state index in [9.17, 15) is 14.8 Å². The molecular weight excluding hydrogens is 355 g/mol. The number of rotatable bonds is 19. The van der Waals surface area contributed by atoms with Gasteiger partial charge in [-0.25, -0.2) is 4.57 Å². The molecule has 6 nitrogen and oxygen atoms in total. The van der Waals surface area contributed by atoms with Gasteiger partial charge in [0.05, 0.1) is 13.2 Å². The van der Waals surface area contributed by atoms with Crippen molar-refractivity contribution in [1.29, 1.82) is 0 Å². The van der Waals surface area contributed by atoms with Crippen LogP contribution >= 0.6 is 7.82 Å². The summed E-state index contributed by atoms with van der Waals surface area (Å²) in [5.74, 6) is 0. The van der Waals surface area contributed by atoms with E-state index in [-0.39, 0.29) is 6.42 Å². The summed E-state index contributed by atoms with van der Waals surface area (Å²) in [7, 11) is -4.62. The highest BCUT2D eigenvalue weighted by Crippen LogP contribution is 2.37. The highest BCUT2D eigenvalue weighted by molar-refractivity contribution is 7.46. The van der Waals surface area contributed by atoms with Gasteiger partial charge < -0.3 is 20.0 Å². The van der Waals surface area contributed by atoms with Gasteiger partial charge >= 0.3 is 7.82 Å². The predicted molar refractivity (Wildman–Crippen MR) is 105 cm³/mol. The van der Waals surface area contributed by atoms with Crippen LogP contribution in [0.1, 0.15) is 103 Å². The van der Waals surface area contributed by atoms with Crippen molar-refractivity contribution in [2.75, 3.05) is 13.2 Å². The number of unbranched alkanes of at least 4 members (excludes halogenated alkanes) is 13. The molecule has 0 amide bonds. The van der Waals surface area contributed by atoms with Crippen molar-refractivity contribution in [2.45, 2.75) is 109 Å². The maximum atomic E-state index is 10.7. The lowest BCUT2D eigenvalue weighted by Crippen LogP contribution is -2.38. The summed E-state index contributed by atoms with van der Waals surface area (Å²) >= 11 is 0. The summed E-state index contributed by atoms with van der Waals surface area (Å²) in [6, 6.07) is 0. The summed E-state index contributed by atoms with van der Waals surface area (Å²) in [5.41, 5.74) is -1.57. The average Bonchev–Trinajstić information content (AvgIpc) is 2.60. The summed E-state index contributed by atoms with van der Waals surface area (Å²) in [6.45, 7) is 1.13. The van der Waals surface area contributed by atoms with Crippen LogP contribution in [0, 0.1) is 0 Å². The molecule has 0 aromatic heterocycles. The normalized spacial score (nSPS) is 14.5. The Kier molecular flexibility index (Phi) is 16.0. The van der Waals surface area contributed by atoms with Crippen LogP contribution in [0.3, 0.4) is 0 Å². The molecule has 0 bridgehead atoms. The zero-order valence-corrected chi connectivity index (χ0v) is 17.5. The molecule has 0 aromatic carbocycles. The second-order valence-electron chi connectivity index (χ2n) is 7.49. The maximum absolute atomic E-state index is 10.7. The van der Waals surface area contributed by atoms with Crippen LogP contribution in [0.25, 0.3) is 0 Å². The lowest BCUT2D eigenvalue weighted by atomic mass is 9.97. The monoisotopic (exact) mass is 396 g/mol. The number of phosphoric acid groups is 1. The Morgan fingerprint density at radius 1 is 0.769 bits per heavy atom. The van der Waals surface area contributed by atoms with E-state index in [0.29, 0.717) is 6.42 Å². The molecule has 1 atom stereocenters. The molecule has 4 N–H and O–H groups in total. The minimum Gasteiger partial charge on any atom is -0.393 e. The minimum atomic E-state index is -4.62. The van der Waals surface area contributed by atoms with E-state index >= 15 is 0 Å². The van der Waals surface area contributed by atoms with Gasteiger partial charge in [-0.2, -0.15) is 0 Å². The Morgan fingerprint density at radius 2 is 1.15 bits per heavy atom. The third-order valence-electron chi connectivity index (χ3n) is 4.79. The SMILES string of the molecule is CCCCCCCCCCCCCCCCC(O)(CO)COP(=O)(O)O. The molecule has 0 aromatic rings. The van der Waals surface area contributed by atoms with Crippen LogP contribution in [0.2, 0.25) is 0 Å². The van der Waals surface area contributed by atoms with Gasteiger partial charge in [0.2, 0.25) is 0 Å². The standard InChI is InChI=1S/C19H41O6P/c1-2-3-4-5-6-7-8-9-10-11-12-13-14-15-16-19(21,17-20)18-25-26(22,23)24/h20-21H,2-18H2,1H3,(H2,22,23,24). The Bertz CT molecular complexity index is 360. The molecule has 0 aliphatic heterocycles. The molecule has 0 rings (SSSR count). The summed E-state index contributed by atoms with van der Waals surface area (Å²) < 4.78 is 15.0. The zero-order valence-electron chi connectivity index (χ0n) is 16.6. The van der Waals surface area contributed by atoms with Crippen molar-refractivity contribution in [3.8, 4) is 0 Å². The first-order valence-corrected chi connectivity index (χ1v) is 11.9. The van der Waals surface area contributed by atoms with Gasteiger partial charge in [0, 0.05) is 0 Å². The lowest BCUT2D eigenvalue weighted by Gasteiger charge is -2.25. The number of phosphoric ester groups is 1. The third-order valence-corrected chi connectivity index (χ3v) is 5.26. The zero-order chi connectivity index (χ0) is 19.7. The Balaban J connectivity index is 3.45. The van der Waals surface area contributed by atoms with Gasteiger partial charge in [-0.15, -0.1) is 0 Å². The van der Waals surface area contributed by atoms with Crippen LogP contribution in [0.15, 0.2) is 0 Å². The molecule has 0 saturated heterocycles. The average molecular weight is 397 g/mol. The van der Waals surface area contributed by atoms with Crippen molar-refractivity contribution in [1.82, 2.24) is 0 Å². The highest BCUT2D eigenvalue weighted by Gasteiger charge is 2.29. The topological polar surface area (TPSA) is 107 Å². The molecule has 26 heavy (non-hydrogen) atoms. The molecule has 0 saturated carbocycles. The van der Waals surface area contributed by atoms with Crippen molar-refractivity contribution in [2.24, 2.45) is 0 Å². The van der Waals surface area contributed by atoms with E-state index in [4.69, 9.17) is 9.79 Å². The van der Waals surface area contributed by atoms with Crippen molar-refractivity contribution < 1.29 is 29.1 Å². The number of aliphatic hydroxyl groups excluding tert-OH is 1. The number of hydrogen-bond acceptors (Lipinski definition) is 4. The fraction of sp³-hybridized carbons (Fsp3) is 1.00. The Hall–Kier alpha value is 0.0300. The van der Waals surface area contributed by atoms with E-state index in [1.807, 2.05) is 0 Å². The van der Waals surface area contributed by atoms with Crippen molar-refractivity contribution in [3.05, 3.63) is 0 Å². The molecule has 0 aliphatic rings. The van der Waals surface area contributed by atoms with E-state index in [0.717, 1.165) is 12.8 Å². The quantitative estimate of drug-likeness (QED) is 0.186. The van der Waals surface area contributed by atoms with Gasteiger partial charge in [-0.3, -0.25) is 4.52 Å². The largest absolute Gasteiger partial charge is 0.469 e. The highest BCUT2D eigenvalue weighted by atomic mass is 31.2. The second-order valence-corrected chi connectivity index (χ2v) is 8.73. The minimum absolute atomic E-state index is 0.279. The molecule has 7 heteroatoms. The molecule has 0 radical (unpaired) electrons. The lowest BCUT2D eigenvalue weighted by molar-refractivity contribution is -0.0600. The first kappa shape index (κ1) is 26.0. The molecule has 0 fully saturated rings. The molecule has 0 spiro atoms. The van der Waals surface area contributed by atoms with Crippen molar-refractivity contribution in [3.63, 3.8) is 0 Å². The maximum Gasteiger partial charge on any atom is 0.469 e. The van der Waals surface area contributed by atoms with E-state index < -0.39 is 26.6 Å². The van der Waals surface area contributed by atoms with E-state index in [1.165, 1.54) is 70.6 Å². The summed E-state index contributed by atoms with van der Waals surface area (Å²) in [5, 5.41) is 19.3. The molecule has 158 valence electrons. The molecular formula is C19H41O6P. The molecule has 0 aliphatic carbocycles. The van der Waals surface area contributed by atoms with Gasteiger partial charge in [-0.05, 0) is 6.42 Å². The van der Waals surface area contributed by atoms with Gasteiger partial charge in [-0.1, -0.05) is 96.8 Å². The van der Waals surface area contributed by atoms with Crippen LogP contribution < -0.4 is 0 Å². The third kappa shape index (κ3) is 17.4. The van der Waals surface area contributed by atoms with Crippen LogP contribution in [0.4, 0.5) is 0 Å². The van der Waals surface area contributed by atoms with Gasteiger partial charge in [0.25, 0.3) is 0 Å². The van der Waals surface area contributed by atoms with Crippen LogP contribution in [0.5, 0.6) is 0 Å². The van der Waals surface area contributed by atoms with Gasteiger partial charge in [0.15, 0.2) is 0 Å². The molecule has 0 heterocycles. The molecule has 1 unspecified atom stereocenters. The Labute approximate surface area is 159 Å². The van der Waals surface area contributed by atoms with E-state index in [2.05, 4.69) is 11.4 Å². The van der Waals surface area contributed by atoms with Crippen LogP contribution in [-0.4, -0.2) is 38.8 Å².